The Balaban J connectivity index is 1.95. The maximum Gasteiger partial charge on any atom is 0.262 e. The number of anilines is 1. The van der Waals surface area contributed by atoms with Gasteiger partial charge in [0.15, 0.2) is 6.61 Å². The first kappa shape index (κ1) is 22.9. The highest BCUT2D eigenvalue weighted by atomic mass is 79.9. The predicted octanol–water partition coefficient (Wildman–Crippen LogP) is 5.35. The second kappa shape index (κ2) is 11.0. The molecule has 0 aliphatic carbocycles. The molecule has 0 atom stereocenters. The van der Waals surface area contributed by atoms with E-state index in [4.69, 9.17) is 4.74 Å². The molecular formula is C23H29BrN2O3. The minimum atomic E-state index is -0.246. The van der Waals surface area contributed by atoms with Crippen LogP contribution in [0.2, 0.25) is 0 Å². The second-order valence-corrected chi connectivity index (χ2v) is 7.99. The van der Waals surface area contributed by atoms with Crippen molar-refractivity contribution in [1.82, 2.24) is 4.90 Å². The first-order chi connectivity index (χ1) is 13.8. The highest BCUT2D eigenvalue weighted by Crippen LogP contribution is 2.27. The molecule has 2 aromatic rings. The van der Waals surface area contributed by atoms with E-state index in [1.54, 1.807) is 24.3 Å². The van der Waals surface area contributed by atoms with Crippen molar-refractivity contribution in [1.29, 1.82) is 0 Å². The first-order valence-corrected chi connectivity index (χ1v) is 10.7. The Kier molecular flexibility index (Phi) is 8.70. The van der Waals surface area contributed by atoms with Crippen molar-refractivity contribution in [3.8, 4) is 5.75 Å². The summed E-state index contributed by atoms with van der Waals surface area (Å²) in [4.78, 5) is 26.7. The Labute approximate surface area is 181 Å². The van der Waals surface area contributed by atoms with Crippen LogP contribution in [0, 0.1) is 13.8 Å². The zero-order valence-corrected chi connectivity index (χ0v) is 19.1. The van der Waals surface area contributed by atoms with E-state index in [-0.39, 0.29) is 18.4 Å². The largest absolute Gasteiger partial charge is 0.483 e. The number of hydrogen-bond donors (Lipinski definition) is 1. The topological polar surface area (TPSA) is 58.6 Å². The molecule has 0 heterocycles. The highest BCUT2D eigenvalue weighted by molar-refractivity contribution is 9.10. The molecule has 2 amide bonds. The Morgan fingerprint density at radius 2 is 1.55 bits per heavy atom. The van der Waals surface area contributed by atoms with Gasteiger partial charge in [-0.05, 0) is 74.2 Å². The zero-order valence-electron chi connectivity index (χ0n) is 17.5. The molecule has 0 aliphatic heterocycles. The molecule has 0 saturated heterocycles. The first-order valence-electron chi connectivity index (χ1n) is 9.94. The van der Waals surface area contributed by atoms with Gasteiger partial charge in [-0.25, -0.2) is 0 Å². The summed E-state index contributed by atoms with van der Waals surface area (Å²) in [6.45, 7) is 9.43. The fraction of sp³-hybridized carbons (Fsp3) is 0.391. The molecule has 0 aromatic heterocycles. The summed E-state index contributed by atoms with van der Waals surface area (Å²) in [6, 6.07) is 10.9. The summed E-state index contributed by atoms with van der Waals surface area (Å²) in [5, 5.41) is 2.81. The lowest BCUT2D eigenvalue weighted by Gasteiger charge is -2.21. The number of aryl methyl sites for hydroxylation is 2. The molecule has 1 N–H and O–H groups in total. The van der Waals surface area contributed by atoms with Crippen molar-refractivity contribution in [3.63, 3.8) is 0 Å². The summed E-state index contributed by atoms with van der Waals surface area (Å²) >= 11 is 3.45. The molecule has 2 rings (SSSR count). The smallest absolute Gasteiger partial charge is 0.262 e. The average molecular weight is 461 g/mol. The van der Waals surface area contributed by atoms with Crippen molar-refractivity contribution in [2.45, 2.75) is 40.5 Å². The second-order valence-electron chi connectivity index (χ2n) is 7.08. The van der Waals surface area contributed by atoms with Crippen LogP contribution in [0.25, 0.3) is 0 Å². The van der Waals surface area contributed by atoms with E-state index in [0.717, 1.165) is 47.3 Å². The molecule has 0 radical (unpaired) electrons. The van der Waals surface area contributed by atoms with Gasteiger partial charge in [0.1, 0.15) is 5.75 Å². The standard InChI is InChI=1S/C23H29BrN2O3/c1-5-11-26(12-6-2)23(28)18-7-9-20(10-8-18)25-21(27)15-29-22-16(3)13-19(24)14-17(22)4/h7-10,13-14H,5-6,11-12,15H2,1-4H3,(H,25,27). The number of rotatable bonds is 9. The Morgan fingerprint density at radius 1 is 1.00 bits per heavy atom. The van der Waals surface area contributed by atoms with E-state index < -0.39 is 0 Å². The van der Waals surface area contributed by atoms with Crippen LogP contribution in [0.5, 0.6) is 5.75 Å². The van der Waals surface area contributed by atoms with E-state index in [9.17, 15) is 9.59 Å². The maximum absolute atomic E-state index is 12.6. The number of halogens is 1. The Bertz CT molecular complexity index is 821. The van der Waals surface area contributed by atoms with Crippen LogP contribution in [0.15, 0.2) is 40.9 Å². The summed E-state index contributed by atoms with van der Waals surface area (Å²) in [5.41, 5.74) is 3.20. The molecule has 0 aliphatic rings. The van der Waals surface area contributed by atoms with Gasteiger partial charge in [-0.3, -0.25) is 9.59 Å². The number of ether oxygens (including phenoxy) is 1. The van der Waals surface area contributed by atoms with Gasteiger partial charge in [-0.2, -0.15) is 0 Å². The van der Waals surface area contributed by atoms with Gasteiger partial charge in [-0.1, -0.05) is 29.8 Å². The molecular weight excluding hydrogens is 432 g/mol. The number of hydrogen-bond acceptors (Lipinski definition) is 3. The fourth-order valence-corrected chi connectivity index (χ4v) is 3.88. The zero-order chi connectivity index (χ0) is 21.4. The summed E-state index contributed by atoms with van der Waals surface area (Å²) in [6.07, 6.45) is 1.86. The van der Waals surface area contributed by atoms with Gasteiger partial charge in [-0.15, -0.1) is 0 Å². The van der Waals surface area contributed by atoms with Crippen LogP contribution in [-0.2, 0) is 4.79 Å². The van der Waals surface area contributed by atoms with Crippen molar-refractivity contribution in [3.05, 3.63) is 57.6 Å². The van der Waals surface area contributed by atoms with Crippen LogP contribution in [0.3, 0.4) is 0 Å². The van der Waals surface area contributed by atoms with Crippen molar-refractivity contribution < 1.29 is 14.3 Å². The van der Waals surface area contributed by atoms with E-state index in [1.807, 2.05) is 30.9 Å². The minimum absolute atomic E-state index is 0.0242. The van der Waals surface area contributed by atoms with Crippen molar-refractivity contribution >= 4 is 33.4 Å². The quantitative estimate of drug-likeness (QED) is 0.548. The lowest BCUT2D eigenvalue weighted by atomic mass is 10.1. The number of carbonyl (C=O) groups excluding carboxylic acids is 2. The van der Waals surface area contributed by atoms with Crippen molar-refractivity contribution in [2.24, 2.45) is 0 Å². The van der Waals surface area contributed by atoms with Gasteiger partial charge >= 0.3 is 0 Å². The third kappa shape index (κ3) is 6.60. The Hall–Kier alpha value is -2.34. The van der Waals surface area contributed by atoms with Crippen LogP contribution >= 0.6 is 15.9 Å². The Morgan fingerprint density at radius 3 is 2.07 bits per heavy atom. The number of benzene rings is 2. The molecule has 0 saturated carbocycles. The maximum atomic E-state index is 12.6. The number of carbonyl (C=O) groups is 2. The summed E-state index contributed by atoms with van der Waals surface area (Å²) in [5.74, 6) is 0.497. The van der Waals surface area contributed by atoms with Crippen LogP contribution in [0.1, 0.15) is 48.2 Å². The lowest BCUT2D eigenvalue weighted by molar-refractivity contribution is -0.118. The molecule has 5 nitrogen and oxygen atoms in total. The third-order valence-electron chi connectivity index (χ3n) is 4.46. The number of amides is 2. The molecule has 156 valence electrons. The normalized spacial score (nSPS) is 10.5. The minimum Gasteiger partial charge on any atom is -0.483 e. The SMILES string of the molecule is CCCN(CCC)C(=O)c1ccc(NC(=O)COc2c(C)cc(Br)cc2C)cc1. The van der Waals surface area contributed by atoms with Gasteiger partial charge in [0.2, 0.25) is 0 Å². The predicted molar refractivity (Wildman–Crippen MR) is 121 cm³/mol. The highest BCUT2D eigenvalue weighted by Gasteiger charge is 2.14. The molecule has 6 heteroatoms. The van der Waals surface area contributed by atoms with E-state index in [2.05, 4.69) is 35.1 Å². The van der Waals surface area contributed by atoms with E-state index in [1.165, 1.54) is 0 Å². The van der Waals surface area contributed by atoms with E-state index >= 15 is 0 Å². The van der Waals surface area contributed by atoms with Crippen LogP contribution in [-0.4, -0.2) is 36.4 Å². The van der Waals surface area contributed by atoms with Crippen LogP contribution < -0.4 is 10.1 Å². The van der Waals surface area contributed by atoms with Crippen molar-refractivity contribution in [2.75, 3.05) is 25.0 Å². The monoisotopic (exact) mass is 460 g/mol. The fourth-order valence-electron chi connectivity index (χ4n) is 3.19. The van der Waals surface area contributed by atoms with Gasteiger partial charge in [0, 0.05) is 28.8 Å². The van der Waals surface area contributed by atoms with Gasteiger partial charge < -0.3 is 15.0 Å². The molecule has 0 bridgehead atoms. The molecule has 0 unspecified atom stereocenters. The van der Waals surface area contributed by atoms with Crippen LogP contribution in [0.4, 0.5) is 5.69 Å². The molecule has 0 spiro atoms. The molecule has 2 aromatic carbocycles. The number of nitrogens with one attached hydrogen (secondary N) is 1. The average Bonchev–Trinajstić information content (AvgIpc) is 2.67. The third-order valence-corrected chi connectivity index (χ3v) is 4.92. The summed E-state index contributed by atoms with van der Waals surface area (Å²) in [7, 11) is 0. The number of nitrogens with zero attached hydrogens (tertiary/aromatic N) is 1. The lowest BCUT2D eigenvalue weighted by Crippen LogP contribution is -2.32. The summed E-state index contributed by atoms with van der Waals surface area (Å²) < 4.78 is 6.69. The molecule has 0 fully saturated rings. The van der Waals surface area contributed by atoms with Gasteiger partial charge in [0.25, 0.3) is 11.8 Å². The van der Waals surface area contributed by atoms with Gasteiger partial charge in [0.05, 0.1) is 0 Å². The van der Waals surface area contributed by atoms with E-state index in [0.29, 0.717) is 11.3 Å². The molecule has 29 heavy (non-hydrogen) atoms.